The molecule has 20 heavy (non-hydrogen) atoms. The van der Waals surface area contributed by atoms with Gasteiger partial charge in [-0.15, -0.1) is 24.8 Å². The van der Waals surface area contributed by atoms with Crippen LogP contribution in [0.5, 0.6) is 0 Å². The molecule has 0 spiro atoms. The molecular formula is C13H27Cl2N3OS. The van der Waals surface area contributed by atoms with Crippen LogP contribution in [-0.2, 0) is 4.79 Å². The summed E-state index contributed by atoms with van der Waals surface area (Å²) in [7, 11) is 4.26. The summed E-state index contributed by atoms with van der Waals surface area (Å²) in [5.41, 5.74) is 0. The van der Waals surface area contributed by atoms with Gasteiger partial charge >= 0.3 is 0 Å². The Kier molecular flexibility index (Phi) is 10.3. The highest BCUT2D eigenvalue weighted by Gasteiger charge is 2.26. The predicted octanol–water partition coefficient (Wildman–Crippen LogP) is 1.48. The summed E-state index contributed by atoms with van der Waals surface area (Å²) < 4.78 is 0. The van der Waals surface area contributed by atoms with Crippen molar-refractivity contribution in [3.05, 3.63) is 0 Å². The number of nitrogens with one attached hydrogen (secondary N) is 1. The van der Waals surface area contributed by atoms with Crippen molar-refractivity contribution in [2.24, 2.45) is 0 Å². The molecule has 2 saturated heterocycles. The Morgan fingerprint density at radius 2 is 1.95 bits per heavy atom. The van der Waals surface area contributed by atoms with E-state index in [2.05, 4.69) is 29.2 Å². The van der Waals surface area contributed by atoms with Crippen molar-refractivity contribution < 1.29 is 4.79 Å². The highest BCUT2D eigenvalue weighted by molar-refractivity contribution is 7.99. The van der Waals surface area contributed by atoms with Crippen LogP contribution in [0.3, 0.4) is 0 Å². The smallest absolute Gasteiger partial charge is 0.224 e. The van der Waals surface area contributed by atoms with Gasteiger partial charge in [0.15, 0.2) is 0 Å². The molecule has 4 nitrogen and oxygen atoms in total. The van der Waals surface area contributed by atoms with Crippen LogP contribution >= 0.6 is 36.6 Å². The molecule has 0 aromatic carbocycles. The van der Waals surface area contributed by atoms with Gasteiger partial charge in [0.05, 0.1) is 0 Å². The second-order valence-electron chi connectivity index (χ2n) is 5.51. The maximum atomic E-state index is 12.2. The fraction of sp³-hybridized carbons (Fsp3) is 0.923. The van der Waals surface area contributed by atoms with E-state index >= 15 is 0 Å². The van der Waals surface area contributed by atoms with Gasteiger partial charge in [-0.25, -0.2) is 0 Å². The Labute approximate surface area is 139 Å². The summed E-state index contributed by atoms with van der Waals surface area (Å²) in [4.78, 5) is 16.5. The number of hydrogen-bond acceptors (Lipinski definition) is 4. The zero-order chi connectivity index (χ0) is 13.0. The van der Waals surface area contributed by atoms with E-state index < -0.39 is 0 Å². The van der Waals surface area contributed by atoms with Crippen LogP contribution < -0.4 is 5.32 Å². The van der Waals surface area contributed by atoms with Crippen LogP contribution in [-0.4, -0.2) is 73.0 Å². The number of thioether (sulfide) groups is 1. The molecule has 0 aliphatic carbocycles. The zero-order valence-electron chi connectivity index (χ0n) is 12.3. The number of carbonyl (C=O) groups excluding carboxylic acids is 1. The van der Waals surface area contributed by atoms with E-state index in [1.165, 1.54) is 5.75 Å². The van der Waals surface area contributed by atoms with Crippen molar-refractivity contribution in [1.29, 1.82) is 0 Å². The Balaban J connectivity index is 0.00000180. The van der Waals surface area contributed by atoms with Crippen molar-refractivity contribution >= 4 is 42.5 Å². The number of likely N-dealkylation sites (tertiary alicyclic amines) is 1. The first-order valence-electron chi connectivity index (χ1n) is 6.92. The lowest BCUT2D eigenvalue weighted by Crippen LogP contribution is -2.47. The standard InChI is InChI=1S/C13H25N3OS.2ClH/c1-15(2)12-3-6-16(7-4-12)13(17)9-11-10-18-8-5-14-11;;/h11-12,14H,3-10H2,1-2H3;2*1H. The number of amides is 1. The molecule has 2 heterocycles. The number of nitrogens with zero attached hydrogens (tertiary/aromatic N) is 2. The lowest BCUT2D eigenvalue weighted by molar-refractivity contribution is -0.133. The Morgan fingerprint density at radius 3 is 2.45 bits per heavy atom. The lowest BCUT2D eigenvalue weighted by atomic mass is 10.0. The second-order valence-corrected chi connectivity index (χ2v) is 6.66. The minimum atomic E-state index is 0. The molecule has 0 bridgehead atoms. The van der Waals surface area contributed by atoms with Crippen molar-refractivity contribution in [2.75, 3.05) is 45.2 Å². The average Bonchev–Trinajstić information content (AvgIpc) is 2.40. The molecule has 0 aromatic rings. The molecule has 0 saturated carbocycles. The lowest BCUT2D eigenvalue weighted by Gasteiger charge is -2.36. The molecule has 2 rings (SSSR count). The third-order valence-electron chi connectivity index (χ3n) is 3.97. The van der Waals surface area contributed by atoms with E-state index in [0.717, 1.165) is 38.2 Å². The SMILES string of the molecule is CN(C)C1CCN(C(=O)CC2CSCCN2)CC1.Cl.Cl. The fourth-order valence-electron chi connectivity index (χ4n) is 2.72. The maximum absolute atomic E-state index is 12.2. The summed E-state index contributed by atoms with van der Waals surface area (Å²) in [5, 5.41) is 3.44. The molecule has 2 fully saturated rings. The first kappa shape index (κ1) is 20.3. The van der Waals surface area contributed by atoms with Crippen LogP contribution in [0.2, 0.25) is 0 Å². The minimum absolute atomic E-state index is 0. The highest BCUT2D eigenvalue weighted by atomic mass is 35.5. The zero-order valence-corrected chi connectivity index (χ0v) is 14.8. The Morgan fingerprint density at radius 1 is 1.30 bits per heavy atom. The molecule has 2 aliphatic rings. The maximum Gasteiger partial charge on any atom is 0.224 e. The Bertz CT molecular complexity index is 281. The highest BCUT2D eigenvalue weighted by Crippen LogP contribution is 2.17. The van der Waals surface area contributed by atoms with Gasteiger partial charge in [0, 0.05) is 49.6 Å². The molecular weight excluding hydrogens is 317 g/mol. The monoisotopic (exact) mass is 343 g/mol. The van der Waals surface area contributed by atoms with Crippen molar-refractivity contribution in [3.8, 4) is 0 Å². The molecule has 120 valence electrons. The first-order chi connectivity index (χ1) is 8.66. The predicted molar refractivity (Wildman–Crippen MR) is 91.5 cm³/mol. The third-order valence-corrected chi connectivity index (χ3v) is 5.10. The summed E-state index contributed by atoms with van der Waals surface area (Å²) >= 11 is 1.96. The molecule has 7 heteroatoms. The van der Waals surface area contributed by atoms with E-state index in [4.69, 9.17) is 0 Å². The van der Waals surface area contributed by atoms with Gasteiger partial charge in [-0.1, -0.05) is 0 Å². The van der Waals surface area contributed by atoms with Gasteiger partial charge < -0.3 is 15.1 Å². The summed E-state index contributed by atoms with van der Waals surface area (Å²) in [6.45, 7) is 2.91. The van der Waals surface area contributed by atoms with Gasteiger partial charge in [0.2, 0.25) is 5.91 Å². The quantitative estimate of drug-likeness (QED) is 0.841. The number of rotatable bonds is 3. The molecule has 1 unspecified atom stereocenters. The topological polar surface area (TPSA) is 35.6 Å². The fourth-order valence-corrected chi connectivity index (χ4v) is 3.67. The van der Waals surface area contributed by atoms with Gasteiger partial charge in [0.25, 0.3) is 0 Å². The number of carbonyl (C=O) groups is 1. The third kappa shape index (κ3) is 5.98. The van der Waals surface area contributed by atoms with Crippen LogP contribution in [0.25, 0.3) is 0 Å². The van der Waals surface area contributed by atoms with Gasteiger partial charge in [0.1, 0.15) is 0 Å². The Hall–Kier alpha value is 0.320. The molecule has 0 aromatic heterocycles. The molecule has 1 N–H and O–H groups in total. The van der Waals surface area contributed by atoms with Gasteiger partial charge in [-0.05, 0) is 26.9 Å². The molecule has 0 radical (unpaired) electrons. The van der Waals surface area contributed by atoms with Gasteiger partial charge in [-0.3, -0.25) is 4.79 Å². The molecule has 1 amide bonds. The average molecular weight is 344 g/mol. The van der Waals surface area contributed by atoms with Crippen molar-refractivity contribution in [2.45, 2.75) is 31.3 Å². The van der Waals surface area contributed by atoms with E-state index in [1.807, 2.05) is 11.8 Å². The van der Waals surface area contributed by atoms with E-state index in [0.29, 0.717) is 24.4 Å². The van der Waals surface area contributed by atoms with Crippen molar-refractivity contribution in [3.63, 3.8) is 0 Å². The van der Waals surface area contributed by atoms with Crippen LogP contribution in [0, 0.1) is 0 Å². The van der Waals surface area contributed by atoms with Gasteiger partial charge in [-0.2, -0.15) is 11.8 Å². The van der Waals surface area contributed by atoms with Crippen LogP contribution in [0.4, 0.5) is 0 Å². The van der Waals surface area contributed by atoms with Crippen LogP contribution in [0.1, 0.15) is 19.3 Å². The van der Waals surface area contributed by atoms with Crippen LogP contribution in [0.15, 0.2) is 0 Å². The molecule has 2 aliphatic heterocycles. The number of hydrogen-bond donors (Lipinski definition) is 1. The summed E-state index contributed by atoms with van der Waals surface area (Å²) in [6.07, 6.45) is 2.91. The second kappa shape index (κ2) is 10.1. The van der Waals surface area contributed by atoms with Crippen molar-refractivity contribution in [1.82, 2.24) is 15.1 Å². The summed E-state index contributed by atoms with van der Waals surface area (Å²) in [6, 6.07) is 1.04. The summed E-state index contributed by atoms with van der Waals surface area (Å²) in [5.74, 6) is 2.60. The van der Waals surface area contributed by atoms with E-state index in [9.17, 15) is 4.79 Å². The largest absolute Gasteiger partial charge is 0.343 e. The minimum Gasteiger partial charge on any atom is -0.343 e. The van der Waals surface area contributed by atoms with E-state index in [-0.39, 0.29) is 24.8 Å². The normalized spacial score (nSPS) is 23.9. The van der Waals surface area contributed by atoms with E-state index in [1.54, 1.807) is 0 Å². The number of halogens is 2. The number of piperidine rings is 1. The molecule has 1 atom stereocenters. The first-order valence-corrected chi connectivity index (χ1v) is 8.07.